The van der Waals surface area contributed by atoms with Crippen LogP contribution in [0.5, 0.6) is 0 Å². The Morgan fingerprint density at radius 1 is 1.17 bits per heavy atom. The van der Waals surface area contributed by atoms with Gasteiger partial charge in [0.1, 0.15) is 0 Å². The first-order valence-corrected chi connectivity index (χ1v) is 10.9. The lowest BCUT2D eigenvalue weighted by Crippen LogP contribution is -2.45. The maximum atomic E-state index is 13.2. The molecule has 2 heterocycles. The van der Waals surface area contributed by atoms with Crippen LogP contribution in [0.15, 0.2) is 23.9 Å². The minimum absolute atomic E-state index is 0.0608. The van der Waals surface area contributed by atoms with E-state index >= 15 is 0 Å². The summed E-state index contributed by atoms with van der Waals surface area (Å²) in [4.78, 5) is 13.2. The number of hydrogen-bond acceptors (Lipinski definition) is 3. The summed E-state index contributed by atoms with van der Waals surface area (Å²) in [5.74, 6) is 0.568. The number of allylic oxidation sites excluding steroid dienone is 2. The number of nitrogens with zero attached hydrogens (tertiary/aromatic N) is 1. The van der Waals surface area contributed by atoms with Crippen LogP contribution in [0.25, 0.3) is 0 Å². The molecule has 1 saturated heterocycles. The highest BCUT2D eigenvalue weighted by Crippen LogP contribution is 2.37. The summed E-state index contributed by atoms with van der Waals surface area (Å²) in [7, 11) is -0.540. The molecule has 0 N–H and O–H groups in total. The second kappa shape index (κ2) is 8.43. The van der Waals surface area contributed by atoms with E-state index in [4.69, 9.17) is 9.31 Å². The Morgan fingerprint density at radius 3 is 2.21 bits per heavy atom. The number of carbonyl (C=O) groups excluding carboxylic acids is 1. The molecular formula is C24H40BNO3. The number of aromatic nitrogens is 1. The van der Waals surface area contributed by atoms with Crippen LogP contribution in [-0.2, 0) is 15.7 Å². The van der Waals surface area contributed by atoms with Crippen molar-refractivity contribution in [2.45, 2.75) is 99.7 Å². The van der Waals surface area contributed by atoms with Gasteiger partial charge in [0.15, 0.2) is 0 Å². The van der Waals surface area contributed by atoms with Gasteiger partial charge in [-0.25, -0.2) is 0 Å². The van der Waals surface area contributed by atoms with Crippen molar-refractivity contribution in [2.24, 2.45) is 11.3 Å². The largest absolute Gasteiger partial charge is 0.513 e. The van der Waals surface area contributed by atoms with E-state index in [9.17, 15) is 4.79 Å². The fourth-order valence-electron chi connectivity index (χ4n) is 3.55. The highest BCUT2D eigenvalue weighted by Gasteiger charge is 2.53. The summed E-state index contributed by atoms with van der Waals surface area (Å²) in [5, 5.41) is 0. The zero-order valence-electron chi connectivity index (χ0n) is 20.2. The average molecular weight is 401 g/mol. The van der Waals surface area contributed by atoms with Gasteiger partial charge in [0.05, 0.1) is 16.8 Å². The zero-order chi connectivity index (χ0) is 22.2. The minimum atomic E-state index is -0.540. The first-order chi connectivity index (χ1) is 13.2. The lowest BCUT2D eigenvalue weighted by atomic mass is 9.78. The van der Waals surface area contributed by atoms with Crippen LogP contribution in [0.3, 0.4) is 0 Å². The summed E-state index contributed by atoms with van der Waals surface area (Å²) in [6.45, 7) is 20.6. The summed E-state index contributed by atoms with van der Waals surface area (Å²) in [5.41, 5.74) is 2.00. The molecule has 1 unspecified atom stereocenters. The molecule has 2 rings (SSSR count). The van der Waals surface area contributed by atoms with E-state index in [1.807, 2.05) is 54.7 Å². The van der Waals surface area contributed by atoms with E-state index in [2.05, 4.69) is 32.9 Å². The van der Waals surface area contributed by atoms with Crippen molar-refractivity contribution in [3.63, 3.8) is 0 Å². The van der Waals surface area contributed by atoms with E-state index in [1.54, 1.807) is 4.57 Å². The molecular weight excluding hydrogens is 361 g/mol. The first-order valence-electron chi connectivity index (χ1n) is 10.9. The van der Waals surface area contributed by atoms with Crippen molar-refractivity contribution in [3.05, 3.63) is 29.5 Å². The third-order valence-electron chi connectivity index (χ3n) is 6.13. The van der Waals surface area contributed by atoms with Crippen LogP contribution in [0.1, 0.15) is 92.4 Å². The Kier molecular flexibility index (Phi) is 6.96. The quantitative estimate of drug-likeness (QED) is 0.473. The minimum Gasteiger partial charge on any atom is -0.398 e. The molecule has 0 aliphatic carbocycles. The van der Waals surface area contributed by atoms with Crippen molar-refractivity contribution in [2.75, 3.05) is 0 Å². The van der Waals surface area contributed by atoms with Crippen LogP contribution in [-0.4, -0.2) is 28.8 Å². The monoisotopic (exact) mass is 401 g/mol. The Balaban J connectivity index is 2.37. The van der Waals surface area contributed by atoms with Gasteiger partial charge >= 0.3 is 7.12 Å². The van der Waals surface area contributed by atoms with Crippen LogP contribution in [0.4, 0.5) is 0 Å². The second-order valence-corrected chi connectivity index (χ2v) is 10.9. The van der Waals surface area contributed by atoms with Gasteiger partial charge in [-0.1, -0.05) is 39.3 Å². The fraction of sp³-hybridized carbons (Fsp3) is 0.708. The SMILES string of the molecule is CC(C)=CCCC(C)Cc1ccn(C(=O)C(C)(C)C)c1B1OC(C)(C)C(C)(C)O1. The Labute approximate surface area is 178 Å². The standard InChI is InChI=1S/C24H40BNO3/c1-17(2)12-11-13-18(3)16-19-14-15-26(21(27)22(4,5)6)20(19)25-28-23(7,8)24(9,10)29-25/h12,14-15,18H,11,13,16H2,1-10H3. The highest BCUT2D eigenvalue weighted by atomic mass is 16.7. The maximum absolute atomic E-state index is 13.2. The van der Waals surface area contributed by atoms with Crippen LogP contribution in [0, 0.1) is 11.3 Å². The molecule has 4 nitrogen and oxygen atoms in total. The van der Waals surface area contributed by atoms with Crippen LogP contribution < -0.4 is 5.59 Å². The van der Waals surface area contributed by atoms with Gasteiger partial charge in [-0.2, -0.15) is 0 Å². The third kappa shape index (κ3) is 5.43. The smallest absolute Gasteiger partial charge is 0.398 e. The van der Waals surface area contributed by atoms with E-state index in [0.717, 1.165) is 30.4 Å². The van der Waals surface area contributed by atoms with Gasteiger partial charge in [-0.15, -0.1) is 0 Å². The van der Waals surface area contributed by atoms with E-state index < -0.39 is 23.7 Å². The average Bonchev–Trinajstić information content (AvgIpc) is 3.03. The Hall–Kier alpha value is -1.33. The molecule has 0 spiro atoms. The molecule has 1 fully saturated rings. The number of rotatable bonds is 6. The molecule has 0 saturated carbocycles. The highest BCUT2D eigenvalue weighted by molar-refractivity contribution is 6.62. The summed E-state index contributed by atoms with van der Waals surface area (Å²) < 4.78 is 14.4. The molecule has 162 valence electrons. The van der Waals surface area contributed by atoms with Crippen molar-refractivity contribution in [1.29, 1.82) is 0 Å². The van der Waals surface area contributed by atoms with Crippen molar-refractivity contribution >= 4 is 18.6 Å². The van der Waals surface area contributed by atoms with Gasteiger partial charge in [0.25, 0.3) is 0 Å². The van der Waals surface area contributed by atoms with E-state index in [1.165, 1.54) is 5.57 Å². The third-order valence-corrected chi connectivity index (χ3v) is 6.13. The van der Waals surface area contributed by atoms with Crippen LogP contribution >= 0.6 is 0 Å². The van der Waals surface area contributed by atoms with Crippen molar-refractivity contribution in [3.8, 4) is 0 Å². The summed E-state index contributed by atoms with van der Waals surface area (Å²) >= 11 is 0. The predicted octanol–water partition coefficient (Wildman–Crippen LogP) is 5.40. The molecule has 1 atom stereocenters. The van der Waals surface area contributed by atoms with Gasteiger partial charge < -0.3 is 9.31 Å². The number of hydrogen-bond donors (Lipinski definition) is 0. The molecule has 0 amide bonds. The molecule has 1 aliphatic heterocycles. The van der Waals surface area contributed by atoms with Gasteiger partial charge in [0, 0.05) is 11.6 Å². The van der Waals surface area contributed by atoms with E-state index in [-0.39, 0.29) is 5.91 Å². The van der Waals surface area contributed by atoms with Crippen LogP contribution in [0.2, 0.25) is 0 Å². The van der Waals surface area contributed by atoms with E-state index in [0.29, 0.717) is 5.92 Å². The lowest BCUT2D eigenvalue weighted by molar-refractivity contribution is 0.00578. The summed E-state index contributed by atoms with van der Waals surface area (Å²) in [6, 6.07) is 2.07. The van der Waals surface area contributed by atoms with Crippen molar-refractivity contribution in [1.82, 2.24) is 4.57 Å². The molecule has 1 aromatic heterocycles. The Bertz CT molecular complexity index is 748. The molecule has 1 aromatic rings. The fourth-order valence-corrected chi connectivity index (χ4v) is 3.55. The topological polar surface area (TPSA) is 40.5 Å². The first kappa shape index (κ1) is 23.9. The molecule has 0 aromatic carbocycles. The van der Waals surface area contributed by atoms with Crippen molar-refractivity contribution < 1.29 is 14.1 Å². The second-order valence-electron chi connectivity index (χ2n) is 10.9. The van der Waals surface area contributed by atoms with Gasteiger partial charge in [-0.3, -0.25) is 9.36 Å². The van der Waals surface area contributed by atoms with Gasteiger partial charge in [-0.05, 0) is 78.4 Å². The molecule has 29 heavy (non-hydrogen) atoms. The molecule has 0 radical (unpaired) electrons. The molecule has 5 heteroatoms. The molecule has 1 aliphatic rings. The zero-order valence-corrected chi connectivity index (χ0v) is 20.2. The van der Waals surface area contributed by atoms with Gasteiger partial charge in [0.2, 0.25) is 5.91 Å². The maximum Gasteiger partial charge on any atom is 0.513 e. The Morgan fingerprint density at radius 2 is 1.72 bits per heavy atom. The molecule has 0 bridgehead atoms. The normalized spacial score (nSPS) is 19.3. The summed E-state index contributed by atoms with van der Waals surface area (Å²) in [6.07, 6.45) is 7.29. The number of carbonyl (C=O) groups is 1. The lowest BCUT2D eigenvalue weighted by Gasteiger charge is -2.32. The predicted molar refractivity (Wildman–Crippen MR) is 122 cm³/mol.